The van der Waals surface area contributed by atoms with Crippen molar-refractivity contribution in [3.05, 3.63) is 23.8 Å². The van der Waals surface area contributed by atoms with Gasteiger partial charge in [-0.1, -0.05) is 6.07 Å². The van der Waals surface area contributed by atoms with Crippen LogP contribution in [0.1, 0.15) is 32.4 Å². The second-order valence-electron chi connectivity index (χ2n) is 7.00. The van der Waals surface area contributed by atoms with Crippen LogP contribution in [0.3, 0.4) is 0 Å². The van der Waals surface area contributed by atoms with Crippen molar-refractivity contribution in [3.8, 4) is 11.5 Å². The van der Waals surface area contributed by atoms with Crippen molar-refractivity contribution in [2.24, 2.45) is 0 Å². The van der Waals surface area contributed by atoms with Crippen LogP contribution < -0.4 is 14.8 Å². The van der Waals surface area contributed by atoms with Crippen molar-refractivity contribution < 1.29 is 14.3 Å². The van der Waals surface area contributed by atoms with Crippen molar-refractivity contribution in [2.45, 2.75) is 39.0 Å². The van der Waals surface area contributed by atoms with E-state index in [0.717, 1.165) is 25.2 Å². The molecule has 1 amide bonds. The number of likely N-dealkylation sites (N-methyl/N-ethyl adjacent to an activating group) is 1. The fraction of sp³-hybridized carbons (Fsp3) is 0.632. The fourth-order valence-electron chi connectivity index (χ4n) is 3.17. The van der Waals surface area contributed by atoms with Crippen LogP contribution in [0.15, 0.2) is 18.2 Å². The molecule has 6 heteroatoms. The summed E-state index contributed by atoms with van der Waals surface area (Å²) in [5.74, 6) is 1.44. The Morgan fingerprint density at radius 2 is 2.04 bits per heavy atom. The predicted octanol–water partition coefficient (Wildman–Crippen LogP) is 1.91. The van der Waals surface area contributed by atoms with Gasteiger partial charge in [-0.2, -0.15) is 0 Å². The van der Waals surface area contributed by atoms with E-state index >= 15 is 0 Å². The summed E-state index contributed by atoms with van der Waals surface area (Å²) in [6.07, 6.45) is 0.0326. The molecule has 1 aliphatic rings. The quantitative estimate of drug-likeness (QED) is 0.850. The number of nitrogens with one attached hydrogen (secondary N) is 1. The van der Waals surface area contributed by atoms with Crippen molar-refractivity contribution in [3.63, 3.8) is 0 Å². The maximum absolute atomic E-state index is 13.0. The van der Waals surface area contributed by atoms with E-state index in [1.165, 1.54) is 0 Å². The Kier molecular flexibility index (Phi) is 6.67. The van der Waals surface area contributed by atoms with Gasteiger partial charge in [0.1, 0.15) is 6.04 Å². The molecule has 2 atom stereocenters. The number of hydrogen-bond acceptors (Lipinski definition) is 5. The van der Waals surface area contributed by atoms with Gasteiger partial charge in [-0.3, -0.25) is 9.69 Å². The van der Waals surface area contributed by atoms with Gasteiger partial charge in [-0.05, 0) is 38.5 Å². The molecule has 2 unspecified atom stereocenters. The van der Waals surface area contributed by atoms with Crippen molar-refractivity contribution in [1.29, 1.82) is 0 Å². The summed E-state index contributed by atoms with van der Waals surface area (Å²) in [5, 5.41) is 3.38. The smallest absolute Gasteiger partial charge is 0.244 e. The van der Waals surface area contributed by atoms with Crippen LogP contribution in [-0.4, -0.2) is 68.7 Å². The topological polar surface area (TPSA) is 54.0 Å². The molecule has 1 aromatic rings. The molecule has 6 nitrogen and oxygen atoms in total. The summed E-state index contributed by atoms with van der Waals surface area (Å²) in [5.41, 5.74) is 0.934. The largest absolute Gasteiger partial charge is 0.493 e. The van der Waals surface area contributed by atoms with Crippen LogP contribution in [0.2, 0.25) is 0 Å². The lowest BCUT2D eigenvalue weighted by molar-refractivity contribution is -0.136. The average Bonchev–Trinajstić information content (AvgIpc) is 2.56. The van der Waals surface area contributed by atoms with E-state index in [4.69, 9.17) is 9.47 Å². The lowest BCUT2D eigenvalue weighted by atomic mass is 10.00. The SMILES string of the molecule is COc1ccc(C(C(=O)N(C)C)N2CCNCC2C)cc1OC(C)C. The molecule has 1 fully saturated rings. The molecule has 0 spiro atoms. The van der Waals surface area contributed by atoms with E-state index in [-0.39, 0.29) is 24.1 Å². The minimum Gasteiger partial charge on any atom is -0.493 e. The third kappa shape index (κ3) is 4.64. The van der Waals surface area contributed by atoms with Gasteiger partial charge in [0.15, 0.2) is 11.5 Å². The summed E-state index contributed by atoms with van der Waals surface area (Å²) >= 11 is 0. The molecule has 2 rings (SSSR count). The molecule has 1 N–H and O–H groups in total. The van der Waals surface area contributed by atoms with Crippen LogP contribution in [-0.2, 0) is 4.79 Å². The molecular formula is C19H31N3O3. The summed E-state index contributed by atoms with van der Waals surface area (Å²) in [6.45, 7) is 8.70. The Bertz CT molecular complexity index is 589. The Hall–Kier alpha value is -1.79. The molecule has 140 valence electrons. The Balaban J connectivity index is 2.44. The number of ether oxygens (including phenoxy) is 2. The zero-order valence-corrected chi connectivity index (χ0v) is 16.2. The van der Waals surface area contributed by atoms with Crippen LogP contribution in [0, 0.1) is 0 Å². The van der Waals surface area contributed by atoms with E-state index in [1.54, 1.807) is 26.1 Å². The first-order valence-corrected chi connectivity index (χ1v) is 8.87. The lowest BCUT2D eigenvalue weighted by Crippen LogP contribution is -2.54. The maximum Gasteiger partial charge on any atom is 0.244 e. The Morgan fingerprint density at radius 1 is 1.32 bits per heavy atom. The molecule has 0 radical (unpaired) electrons. The first-order chi connectivity index (χ1) is 11.8. The highest BCUT2D eigenvalue weighted by molar-refractivity contribution is 5.83. The van der Waals surface area contributed by atoms with Crippen LogP contribution >= 0.6 is 0 Å². The number of piperazine rings is 1. The molecule has 1 saturated heterocycles. The van der Waals surface area contributed by atoms with Gasteiger partial charge in [0.05, 0.1) is 13.2 Å². The van der Waals surface area contributed by atoms with E-state index < -0.39 is 0 Å². The third-order valence-electron chi connectivity index (χ3n) is 4.43. The molecule has 0 aliphatic carbocycles. The van der Waals surface area contributed by atoms with Crippen LogP contribution in [0.25, 0.3) is 0 Å². The second kappa shape index (κ2) is 8.54. The monoisotopic (exact) mass is 349 g/mol. The van der Waals surface area contributed by atoms with Gasteiger partial charge in [0.25, 0.3) is 0 Å². The molecule has 1 aliphatic heterocycles. The number of hydrogen-bond donors (Lipinski definition) is 1. The summed E-state index contributed by atoms with van der Waals surface area (Å²) in [7, 11) is 5.23. The van der Waals surface area contributed by atoms with E-state index in [0.29, 0.717) is 11.5 Å². The molecule has 0 saturated carbocycles. The minimum absolute atomic E-state index is 0.0326. The van der Waals surface area contributed by atoms with Gasteiger partial charge in [-0.25, -0.2) is 0 Å². The lowest BCUT2D eigenvalue weighted by Gasteiger charge is -2.40. The Labute approximate surface area is 151 Å². The van der Waals surface area contributed by atoms with Crippen molar-refractivity contribution in [2.75, 3.05) is 40.8 Å². The zero-order valence-electron chi connectivity index (χ0n) is 16.2. The second-order valence-corrected chi connectivity index (χ2v) is 7.00. The van der Waals surface area contributed by atoms with E-state index in [9.17, 15) is 4.79 Å². The third-order valence-corrected chi connectivity index (χ3v) is 4.43. The van der Waals surface area contributed by atoms with Gasteiger partial charge < -0.3 is 19.7 Å². The van der Waals surface area contributed by atoms with Crippen molar-refractivity contribution in [1.82, 2.24) is 15.1 Å². The summed E-state index contributed by atoms with van der Waals surface area (Å²) < 4.78 is 11.3. The number of carbonyl (C=O) groups excluding carboxylic acids is 1. The number of rotatable bonds is 6. The number of nitrogens with zero attached hydrogens (tertiary/aromatic N) is 2. The number of amides is 1. The highest BCUT2D eigenvalue weighted by Crippen LogP contribution is 2.34. The zero-order chi connectivity index (χ0) is 18.6. The highest BCUT2D eigenvalue weighted by atomic mass is 16.5. The highest BCUT2D eigenvalue weighted by Gasteiger charge is 2.34. The molecule has 1 aromatic carbocycles. The Morgan fingerprint density at radius 3 is 2.60 bits per heavy atom. The summed E-state index contributed by atoms with van der Waals surface area (Å²) in [4.78, 5) is 16.9. The van der Waals surface area contributed by atoms with Gasteiger partial charge >= 0.3 is 0 Å². The number of benzene rings is 1. The van der Waals surface area contributed by atoms with Crippen LogP contribution in [0.4, 0.5) is 0 Å². The van der Waals surface area contributed by atoms with Crippen molar-refractivity contribution >= 4 is 5.91 Å². The molecule has 1 heterocycles. The van der Waals surface area contributed by atoms with Gasteiger partial charge in [-0.15, -0.1) is 0 Å². The molecule has 0 aromatic heterocycles. The summed E-state index contributed by atoms with van der Waals surface area (Å²) in [6, 6.07) is 5.74. The van der Waals surface area contributed by atoms with Gasteiger partial charge in [0, 0.05) is 39.8 Å². The number of carbonyl (C=O) groups is 1. The fourth-order valence-corrected chi connectivity index (χ4v) is 3.17. The molecule has 25 heavy (non-hydrogen) atoms. The first-order valence-electron chi connectivity index (χ1n) is 8.87. The average molecular weight is 349 g/mol. The standard InChI is InChI=1S/C19H31N3O3/c1-13(2)25-17-11-15(7-8-16(17)24-6)18(19(23)21(4)5)22-10-9-20-12-14(22)3/h7-8,11,13-14,18,20H,9-10,12H2,1-6H3. The first kappa shape index (κ1) is 19.5. The van der Waals surface area contributed by atoms with Gasteiger partial charge in [0.2, 0.25) is 5.91 Å². The van der Waals surface area contributed by atoms with E-state index in [1.807, 2.05) is 32.0 Å². The molecular weight excluding hydrogens is 318 g/mol. The minimum atomic E-state index is -0.326. The maximum atomic E-state index is 13.0. The predicted molar refractivity (Wildman–Crippen MR) is 99.2 cm³/mol. The van der Waals surface area contributed by atoms with E-state index in [2.05, 4.69) is 17.1 Å². The number of methoxy groups -OCH3 is 1. The molecule has 0 bridgehead atoms. The normalized spacial score (nSPS) is 19.6. The van der Waals surface area contributed by atoms with Crippen LogP contribution in [0.5, 0.6) is 11.5 Å².